The van der Waals surface area contributed by atoms with Gasteiger partial charge in [0.2, 0.25) is 0 Å². The molecular formula is C15H26. The molecule has 3 saturated carbocycles. The lowest BCUT2D eigenvalue weighted by atomic mass is 9.48. The molecule has 0 nitrogen and oxygen atoms in total. The Morgan fingerprint density at radius 1 is 1.07 bits per heavy atom. The van der Waals surface area contributed by atoms with Gasteiger partial charge in [0.15, 0.2) is 0 Å². The molecule has 4 unspecified atom stereocenters. The molecule has 4 atom stereocenters. The van der Waals surface area contributed by atoms with E-state index >= 15 is 0 Å². The monoisotopic (exact) mass is 206 g/mol. The van der Waals surface area contributed by atoms with Crippen LogP contribution in [0.2, 0.25) is 0 Å². The second-order valence-electron chi connectivity index (χ2n) is 7.35. The summed E-state index contributed by atoms with van der Waals surface area (Å²) >= 11 is 0. The maximum atomic E-state index is 2.57. The highest BCUT2D eigenvalue weighted by molar-refractivity contribution is 5.08. The van der Waals surface area contributed by atoms with Crippen LogP contribution in [0.25, 0.3) is 0 Å². The fraction of sp³-hybridized carbons (Fsp3) is 1.00. The van der Waals surface area contributed by atoms with Gasteiger partial charge in [-0.05, 0) is 67.1 Å². The predicted molar refractivity (Wildman–Crippen MR) is 64.7 cm³/mol. The van der Waals surface area contributed by atoms with Crippen LogP contribution in [0.5, 0.6) is 0 Å². The van der Waals surface area contributed by atoms with Gasteiger partial charge in [-0.1, -0.05) is 27.2 Å². The van der Waals surface area contributed by atoms with Crippen LogP contribution in [0.4, 0.5) is 0 Å². The third-order valence-corrected chi connectivity index (χ3v) is 6.53. The van der Waals surface area contributed by atoms with Crippen molar-refractivity contribution in [2.75, 3.05) is 0 Å². The van der Waals surface area contributed by atoms with E-state index in [4.69, 9.17) is 0 Å². The lowest BCUT2D eigenvalue weighted by Crippen LogP contribution is -2.48. The summed E-state index contributed by atoms with van der Waals surface area (Å²) in [5.41, 5.74) is 1.41. The van der Waals surface area contributed by atoms with Crippen molar-refractivity contribution in [3.05, 3.63) is 0 Å². The smallest absolute Gasteiger partial charge is 0.0215 e. The summed E-state index contributed by atoms with van der Waals surface area (Å²) in [6.07, 6.45) is 10.8. The summed E-state index contributed by atoms with van der Waals surface area (Å²) in [5.74, 6) is 3.19. The van der Waals surface area contributed by atoms with Crippen LogP contribution in [0.3, 0.4) is 0 Å². The van der Waals surface area contributed by atoms with Gasteiger partial charge in [0.25, 0.3) is 0 Å². The first-order valence-electron chi connectivity index (χ1n) is 7.05. The Morgan fingerprint density at radius 2 is 1.87 bits per heavy atom. The second kappa shape index (κ2) is 3.02. The molecule has 0 aromatic heterocycles. The van der Waals surface area contributed by atoms with Crippen LogP contribution in [-0.2, 0) is 0 Å². The third kappa shape index (κ3) is 1.20. The largest absolute Gasteiger partial charge is 0.0622 e. The number of hydrogen-bond donors (Lipinski definition) is 0. The summed E-state index contributed by atoms with van der Waals surface area (Å²) in [6.45, 7) is 7.65. The Hall–Kier alpha value is 0. The molecule has 0 heterocycles. The van der Waals surface area contributed by atoms with Gasteiger partial charge >= 0.3 is 0 Å². The highest BCUT2D eigenvalue weighted by Gasteiger charge is 2.58. The molecule has 2 bridgehead atoms. The van der Waals surface area contributed by atoms with Crippen molar-refractivity contribution in [1.82, 2.24) is 0 Å². The summed E-state index contributed by atoms with van der Waals surface area (Å²) < 4.78 is 0. The van der Waals surface area contributed by atoms with Crippen molar-refractivity contribution < 1.29 is 0 Å². The van der Waals surface area contributed by atoms with E-state index in [2.05, 4.69) is 20.8 Å². The Morgan fingerprint density at radius 3 is 2.67 bits per heavy atom. The Kier molecular flexibility index (Phi) is 2.05. The highest BCUT2D eigenvalue weighted by atomic mass is 14.6. The van der Waals surface area contributed by atoms with E-state index in [-0.39, 0.29) is 0 Å². The van der Waals surface area contributed by atoms with E-state index in [0.29, 0.717) is 5.41 Å². The minimum absolute atomic E-state index is 0.644. The lowest BCUT2D eigenvalue weighted by molar-refractivity contribution is -0.0698. The molecule has 1 spiro atoms. The normalized spacial score (nSPS) is 52.6. The van der Waals surface area contributed by atoms with E-state index < -0.39 is 0 Å². The van der Waals surface area contributed by atoms with Gasteiger partial charge in [-0.25, -0.2) is 0 Å². The van der Waals surface area contributed by atoms with Gasteiger partial charge in [-0.3, -0.25) is 0 Å². The standard InChI is InChI=1S/C15H26/c1-11-9-13-5-4-7-14(2,3)15(13)8-6-12(11)10-15/h11-13H,4-10H2,1-3H3. The quantitative estimate of drug-likeness (QED) is 0.541. The van der Waals surface area contributed by atoms with Gasteiger partial charge in [0, 0.05) is 0 Å². The Labute approximate surface area is 94.8 Å². The fourth-order valence-electron chi connectivity index (χ4n) is 5.44. The average Bonchev–Trinajstić information content (AvgIpc) is 2.54. The molecule has 0 radical (unpaired) electrons. The fourth-order valence-corrected chi connectivity index (χ4v) is 5.44. The molecule has 3 aliphatic carbocycles. The van der Waals surface area contributed by atoms with E-state index in [1.807, 2.05) is 0 Å². The maximum absolute atomic E-state index is 2.57. The summed E-state index contributed by atoms with van der Waals surface area (Å²) in [4.78, 5) is 0. The minimum atomic E-state index is 0.644. The van der Waals surface area contributed by atoms with Crippen molar-refractivity contribution in [1.29, 1.82) is 0 Å². The van der Waals surface area contributed by atoms with Gasteiger partial charge < -0.3 is 0 Å². The van der Waals surface area contributed by atoms with Crippen LogP contribution in [0.1, 0.15) is 65.7 Å². The zero-order valence-electron chi connectivity index (χ0n) is 10.7. The first-order chi connectivity index (χ1) is 7.05. The molecule has 0 aromatic rings. The van der Waals surface area contributed by atoms with E-state index in [1.165, 1.54) is 12.8 Å². The topological polar surface area (TPSA) is 0 Å². The second-order valence-corrected chi connectivity index (χ2v) is 7.35. The lowest BCUT2D eigenvalue weighted by Gasteiger charge is -2.56. The molecule has 86 valence electrons. The Balaban J connectivity index is 1.98. The van der Waals surface area contributed by atoms with Crippen molar-refractivity contribution in [2.45, 2.75) is 65.7 Å². The zero-order valence-corrected chi connectivity index (χ0v) is 10.7. The molecular weight excluding hydrogens is 180 g/mol. The van der Waals surface area contributed by atoms with E-state index in [1.54, 1.807) is 32.1 Å². The van der Waals surface area contributed by atoms with Crippen LogP contribution in [0.15, 0.2) is 0 Å². The number of rotatable bonds is 0. The summed E-state index contributed by atoms with van der Waals surface area (Å²) in [7, 11) is 0. The molecule has 15 heavy (non-hydrogen) atoms. The van der Waals surface area contributed by atoms with Crippen LogP contribution >= 0.6 is 0 Å². The molecule has 3 aliphatic rings. The summed E-state index contributed by atoms with van der Waals surface area (Å²) in [6, 6.07) is 0. The third-order valence-electron chi connectivity index (χ3n) is 6.53. The van der Waals surface area contributed by atoms with Crippen molar-refractivity contribution in [3.8, 4) is 0 Å². The molecule has 0 N–H and O–H groups in total. The molecule has 0 aromatic carbocycles. The van der Waals surface area contributed by atoms with Crippen molar-refractivity contribution >= 4 is 0 Å². The summed E-state index contributed by atoms with van der Waals surface area (Å²) in [5, 5.41) is 0. The van der Waals surface area contributed by atoms with E-state index in [9.17, 15) is 0 Å². The van der Waals surface area contributed by atoms with Gasteiger partial charge in [0.1, 0.15) is 0 Å². The van der Waals surface area contributed by atoms with Gasteiger partial charge in [-0.2, -0.15) is 0 Å². The zero-order chi connectivity index (χ0) is 10.7. The van der Waals surface area contributed by atoms with Crippen molar-refractivity contribution in [3.63, 3.8) is 0 Å². The number of fused-ring (bicyclic) bond motifs is 1. The van der Waals surface area contributed by atoms with Crippen LogP contribution in [-0.4, -0.2) is 0 Å². The molecule has 0 heteroatoms. The van der Waals surface area contributed by atoms with Gasteiger partial charge in [0.05, 0.1) is 0 Å². The SMILES string of the molecule is CC1CC2CCCC(C)(C)C23CCC1C3. The first-order valence-corrected chi connectivity index (χ1v) is 7.05. The molecule has 0 saturated heterocycles. The van der Waals surface area contributed by atoms with Gasteiger partial charge in [-0.15, -0.1) is 0 Å². The average molecular weight is 206 g/mol. The van der Waals surface area contributed by atoms with Crippen molar-refractivity contribution in [2.24, 2.45) is 28.6 Å². The van der Waals surface area contributed by atoms with Crippen LogP contribution in [0, 0.1) is 28.6 Å². The highest BCUT2D eigenvalue weighted by Crippen LogP contribution is 2.68. The van der Waals surface area contributed by atoms with Crippen LogP contribution < -0.4 is 0 Å². The molecule has 3 rings (SSSR count). The molecule has 0 aliphatic heterocycles. The minimum Gasteiger partial charge on any atom is -0.0622 e. The maximum Gasteiger partial charge on any atom is -0.0215 e. The van der Waals surface area contributed by atoms with E-state index in [0.717, 1.165) is 23.2 Å². The number of hydrogen-bond acceptors (Lipinski definition) is 0. The predicted octanol–water partition coefficient (Wildman–Crippen LogP) is 4.64. The first kappa shape index (κ1) is 10.2. The Bertz CT molecular complexity index is 265. The molecule has 0 amide bonds. The molecule has 3 fully saturated rings.